The van der Waals surface area contributed by atoms with Gasteiger partial charge in [-0.1, -0.05) is 20.8 Å². The summed E-state index contributed by atoms with van der Waals surface area (Å²) in [5, 5.41) is 10.8. The summed E-state index contributed by atoms with van der Waals surface area (Å²) in [5.41, 5.74) is -0.191. The fraction of sp³-hybridized carbons (Fsp3) is 0.636. The first-order valence-electron chi connectivity index (χ1n) is 5.93. The van der Waals surface area contributed by atoms with Crippen LogP contribution in [0.15, 0.2) is 6.07 Å². The van der Waals surface area contributed by atoms with Gasteiger partial charge in [0.25, 0.3) is 0 Å². The first kappa shape index (κ1) is 15.6. The van der Waals surface area contributed by atoms with E-state index in [2.05, 4.69) is 20.6 Å². The molecule has 1 aromatic heterocycles. The van der Waals surface area contributed by atoms with Gasteiger partial charge in [-0.25, -0.2) is 23.5 Å². The largest absolute Gasteiger partial charge is 0.373 e. The smallest absolute Gasteiger partial charge is 0.210 e. The number of primary sulfonamides is 1. The first-order valence-corrected chi connectivity index (χ1v) is 7.65. The van der Waals surface area contributed by atoms with Crippen LogP contribution in [0.4, 0.5) is 11.6 Å². The number of nitrogens with two attached hydrogens (primary N) is 1. The Bertz CT molecular complexity index is 537. The highest BCUT2D eigenvalue weighted by molar-refractivity contribution is 7.89. The molecule has 0 bridgehead atoms. The third-order valence-corrected chi connectivity index (χ3v) is 3.12. The van der Waals surface area contributed by atoms with E-state index in [1.807, 2.05) is 20.8 Å². The quantitative estimate of drug-likeness (QED) is 0.728. The molecule has 108 valence electrons. The molecule has 1 heterocycles. The standard InChI is InChI=1S/C11H21N5O2S/c1-11(2,3)10-15-8(13-4)7-9(16-10)14-5-6-19(12,17)18/h7H,5-6H2,1-4H3,(H2,12,17,18)(H2,13,14,15,16). The highest BCUT2D eigenvalue weighted by atomic mass is 32.2. The lowest BCUT2D eigenvalue weighted by Gasteiger charge is -2.18. The van der Waals surface area contributed by atoms with Crippen molar-refractivity contribution in [3.05, 3.63) is 11.9 Å². The summed E-state index contributed by atoms with van der Waals surface area (Å²) < 4.78 is 21.7. The maximum Gasteiger partial charge on any atom is 0.210 e. The summed E-state index contributed by atoms with van der Waals surface area (Å²) in [6.45, 7) is 6.24. The van der Waals surface area contributed by atoms with Crippen LogP contribution in [0.2, 0.25) is 0 Å². The van der Waals surface area contributed by atoms with E-state index in [4.69, 9.17) is 5.14 Å². The van der Waals surface area contributed by atoms with E-state index in [1.165, 1.54) is 0 Å². The second-order valence-corrected chi connectivity index (χ2v) is 6.99. The van der Waals surface area contributed by atoms with Crippen molar-refractivity contribution in [2.75, 3.05) is 30.0 Å². The van der Waals surface area contributed by atoms with Gasteiger partial charge in [0, 0.05) is 25.1 Å². The van der Waals surface area contributed by atoms with Gasteiger partial charge in [-0.05, 0) is 0 Å². The van der Waals surface area contributed by atoms with Crippen LogP contribution in [0.25, 0.3) is 0 Å². The molecule has 0 aliphatic carbocycles. The average molecular weight is 287 g/mol. The molecule has 0 saturated heterocycles. The number of aromatic nitrogens is 2. The summed E-state index contributed by atoms with van der Waals surface area (Å²) in [4.78, 5) is 8.75. The van der Waals surface area contributed by atoms with Crippen molar-refractivity contribution in [2.45, 2.75) is 26.2 Å². The number of hydrogen-bond acceptors (Lipinski definition) is 6. The van der Waals surface area contributed by atoms with Gasteiger partial charge in [-0.2, -0.15) is 0 Å². The number of rotatable bonds is 5. The van der Waals surface area contributed by atoms with Gasteiger partial charge in [0.2, 0.25) is 10.0 Å². The summed E-state index contributed by atoms with van der Waals surface area (Å²) in [7, 11) is -1.70. The van der Waals surface area contributed by atoms with Crippen molar-refractivity contribution in [1.29, 1.82) is 0 Å². The highest BCUT2D eigenvalue weighted by Gasteiger charge is 2.19. The molecule has 0 aliphatic rings. The fourth-order valence-corrected chi connectivity index (χ4v) is 1.71. The van der Waals surface area contributed by atoms with Gasteiger partial charge < -0.3 is 10.6 Å². The number of hydrogen-bond donors (Lipinski definition) is 3. The van der Waals surface area contributed by atoms with Gasteiger partial charge in [0.1, 0.15) is 17.5 Å². The fourth-order valence-electron chi connectivity index (χ4n) is 1.32. The van der Waals surface area contributed by atoms with E-state index < -0.39 is 10.0 Å². The molecule has 1 rings (SSSR count). The van der Waals surface area contributed by atoms with E-state index in [0.717, 1.165) is 0 Å². The molecule has 0 atom stereocenters. The van der Waals surface area contributed by atoms with E-state index >= 15 is 0 Å². The predicted octanol–water partition coefficient (Wildman–Crippen LogP) is 0.516. The van der Waals surface area contributed by atoms with E-state index in [1.54, 1.807) is 13.1 Å². The number of nitrogens with zero attached hydrogens (tertiary/aromatic N) is 2. The van der Waals surface area contributed by atoms with E-state index in [-0.39, 0.29) is 17.7 Å². The molecule has 0 spiro atoms. The molecular formula is C11H21N5O2S. The minimum absolute atomic E-state index is 0.142. The zero-order chi connectivity index (χ0) is 14.7. The van der Waals surface area contributed by atoms with Crippen LogP contribution in [0.3, 0.4) is 0 Å². The molecule has 0 radical (unpaired) electrons. The van der Waals surface area contributed by atoms with Crippen LogP contribution >= 0.6 is 0 Å². The van der Waals surface area contributed by atoms with Crippen LogP contribution in [0, 0.1) is 0 Å². The number of anilines is 2. The summed E-state index contributed by atoms with van der Waals surface area (Å²) in [6, 6.07) is 1.72. The highest BCUT2D eigenvalue weighted by Crippen LogP contribution is 2.21. The molecule has 19 heavy (non-hydrogen) atoms. The lowest BCUT2D eigenvalue weighted by molar-refractivity contribution is 0.546. The topological polar surface area (TPSA) is 110 Å². The molecule has 0 fully saturated rings. The summed E-state index contributed by atoms with van der Waals surface area (Å²) >= 11 is 0. The van der Waals surface area contributed by atoms with Gasteiger partial charge in [0.05, 0.1) is 5.75 Å². The molecular weight excluding hydrogens is 266 g/mol. The summed E-state index contributed by atoms with van der Waals surface area (Å²) in [6.07, 6.45) is 0. The third-order valence-electron chi connectivity index (χ3n) is 2.35. The molecule has 1 aromatic rings. The predicted molar refractivity (Wildman–Crippen MR) is 76.7 cm³/mol. The average Bonchev–Trinajstić information content (AvgIpc) is 2.25. The second-order valence-electron chi connectivity index (χ2n) is 5.26. The second kappa shape index (κ2) is 5.70. The van der Waals surface area contributed by atoms with Gasteiger partial charge >= 0.3 is 0 Å². The molecule has 0 unspecified atom stereocenters. The molecule has 0 amide bonds. The van der Waals surface area contributed by atoms with Gasteiger partial charge in [0.15, 0.2) is 0 Å². The summed E-state index contributed by atoms with van der Waals surface area (Å²) in [5.74, 6) is 1.79. The molecule has 0 aliphatic heterocycles. The van der Waals surface area contributed by atoms with Crippen LogP contribution in [-0.4, -0.2) is 37.7 Å². The molecule has 7 nitrogen and oxygen atoms in total. The van der Waals surface area contributed by atoms with Crippen LogP contribution in [-0.2, 0) is 15.4 Å². The Morgan fingerprint density at radius 3 is 2.32 bits per heavy atom. The van der Waals surface area contributed by atoms with Crippen LogP contribution < -0.4 is 15.8 Å². The number of nitrogens with one attached hydrogen (secondary N) is 2. The molecule has 0 saturated carbocycles. The maximum atomic E-state index is 10.9. The molecule has 4 N–H and O–H groups in total. The normalized spacial score (nSPS) is 12.3. The van der Waals surface area contributed by atoms with Crippen molar-refractivity contribution in [3.63, 3.8) is 0 Å². The first-order chi connectivity index (χ1) is 8.62. The Morgan fingerprint density at radius 2 is 1.84 bits per heavy atom. The molecule has 8 heteroatoms. The number of sulfonamides is 1. The van der Waals surface area contributed by atoms with Gasteiger partial charge in [-0.15, -0.1) is 0 Å². The zero-order valence-corrected chi connectivity index (χ0v) is 12.5. The van der Waals surface area contributed by atoms with E-state index in [0.29, 0.717) is 17.5 Å². The zero-order valence-electron chi connectivity index (χ0n) is 11.7. The van der Waals surface area contributed by atoms with Crippen molar-refractivity contribution in [1.82, 2.24) is 9.97 Å². The Labute approximate surface area is 114 Å². The van der Waals surface area contributed by atoms with Crippen molar-refractivity contribution in [3.8, 4) is 0 Å². The minimum atomic E-state index is -3.47. The lowest BCUT2D eigenvalue weighted by atomic mass is 9.96. The van der Waals surface area contributed by atoms with Crippen molar-refractivity contribution >= 4 is 21.7 Å². The lowest BCUT2D eigenvalue weighted by Crippen LogP contribution is -2.23. The Hall–Kier alpha value is -1.41. The van der Waals surface area contributed by atoms with Gasteiger partial charge in [-0.3, -0.25) is 0 Å². The monoisotopic (exact) mass is 287 g/mol. The van der Waals surface area contributed by atoms with E-state index in [9.17, 15) is 8.42 Å². The minimum Gasteiger partial charge on any atom is -0.373 e. The Kier molecular flexibility index (Phi) is 4.70. The third kappa shape index (κ3) is 5.39. The van der Waals surface area contributed by atoms with Crippen LogP contribution in [0.5, 0.6) is 0 Å². The molecule has 0 aromatic carbocycles. The van der Waals surface area contributed by atoms with Crippen molar-refractivity contribution in [2.24, 2.45) is 5.14 Å². The van der Waals surface area contributed by atoms with Crippen LogP contribution in [0.1, 0.15) is 26.6 Å². The Balaban J connectivity index is 2.89. The Morgan fingerprint density at radius 1 is 1.26 bits per heavy atom. The van der Waals surface area contributed by atoms with Crippen molar-refractivity contribution < 1.29 is 8.42 Å². The maximum absolute atomic E-state index is 10.9. The SMILES string of the molecule is CNc1cc(NCCS(N)(=O)=O)nc(C(C)(C)C)n1.